The van der Waals surface area contributed by atoms with Crippen molar-refractivity contribution >= 4 is 17.7 Å². The SMILES string of the molecule is C[C@H](NC(=O)Cc1cc(F)cc(F)c1)C(=O)N[C@H]1C[C@H](c2ccccc2)C[C@H](c2ccccc2)NC1=O. The lowest BCUT2D eigenvalue weighted by Gasteiger charge is -2.22. The van der Waals surface area contributed by atoms with Crippen LogP contribution in [0.5, 0.6) is 0 Å². The van der Waals surface area contributed by atoms with E-state index in [9.17, 15) is 23.2 Å². The van der Waals surface area contributed by atoms with Crippen LogP contribution in [0.4, 0.5) is 8.78 Å². The maximum Gasteiger partial charge on any atom is 0.243 e. The minimum Gasteiger partial charge on any atom is -0.347 e. The van der Waals surface area contributed by atoms with Crippen molar-refractivity contribution in [2.45, 2.75) is 50.2 Å². The van der Waals surface area contributed by atoms with Crippen molar-refractivity contribution in [3.63, 3.8) is 0 Å². The number of carbonyl (C=O) groups is 3. The van der Waals surface area contributed by atoms with Gasteiger partial charge in [0.1, 0.15) is 23.7 Å². The molecule has 3 aromatic carbocycles. The van der Waals surface area contributed by atoms with Crippen LogP contribution in [0, 0.1) is 11.6 Å². The van der Waals surface area contributed by atoms with Gasteiger partial charge >= 0.3 is 0 Å². The van der Waals surface area contributed by atoms with E-state index in [1.165, 1.54) is 6.92 Å². The quantitative estimate of drug-likeness (QED) is 0.455. The minimum absolute atomic E-state index is 0.00317. The average Bonchev–Trinajstić information content (AvgIpc) is 3.03. The van der Waals surface area contributed by atoms with E-state index in [0.29, 0.717) is 12.8 Å². The molecule has 3 aromatic rings. The number of halogens is 2. The van der Waals surface area contributed by atoms with Crippen molar-refractivity contribution in [2.75, 3.05) is 0 Å². The standard InChI is InChI=1S/C29H29F2N3O3/c1-18(32-27(35)14-19-12-23(30)17-24(31)13-19)28(36)34-26-16-22(20-8-4-2-5-9-20)15-25(33-29(26)37)21-10-6-3-7-11-21/h2-13,17-18,22,25-26H,14-16H2,1H3,(H,32,35)(H,33,37)(H,34,36)/t18-,22+,25+,26-/m0/s1. The van der Waals surface area contributed by atoms with Gasteiger partial charge in [-0.2, -0.15) is 0 Å². The molecule has 1 saturated heterocycles. The molecule has 0 unspecified atom stereocenters. The fourth-order valence-electron chi connectivity index (χ4n) is 4.68. The summed E-state index contributed by atoms with van der Waals surface area (Å²) in [5, 5.41) is 8.38. The van der Waals surface area contributed by atoms with Crippen LogP contribution in [0.25, 0.3) is 0 Å². The number of benzene rings is 3. The first-order valence-corrected chi connectivity index (χ1v) is 12.2. The van der Waals surface area contributed by atoms with Gasteiger partial charge in [0.15, 0.2) is 0 Å². The van der Waals surface area contributed by atoms with E-state index in [0.717, 1.165) is 29.3 Å². The lowest BCUT2D eigenvalue weighted by atomic mass is 9.86. The van der Waals surface area contributed by atoms with Gasteiger partial charge in [0, 0.05) is 6.07 Å². The third-order valence-corrected chi connectivity index (χ3v) is 6.52. The van der Waals surface area contributed by atoms with E-state index in [-0.39, 0.29) is 29.9 Å². The van der Waals surface area contributed by atoms with E-state index >= 15 is 0 Å². The van der Waals surface area contributed by atoms with Crippen LogP contribution in [0.1, 0.15) is 48.4 Å². The summed E-state index contributed by atoms with van der Waals surface area (Å²) in [6.45, 7) is 1.50. The predicted octanol–water partition coefficient (Wildman–Crippen LogP) is 3.93. The summed E-state index contributed by atoms with van der Waals surface area (Å²) in [5.41, 5.74) is 2.21. The fourth-order valence-corrected chi connectivity index (χ4v) is 4.68. The minimum atomic E-state index is -0.956. The lowest BCUT2D eigenvalue weighted by Crippen LogP contribution is -2.52. The van der Waals surface area contributed by atoms with Crippen molar-refractivity contribution in [2.24, 2.45) is 0 Å². The van der Waals surface area contributed by atoms with Crippen LogP contribution in [0.2, 0.25) is 0 Å². The Morgan fingerprint density at radius 3 is 2.14 bits per heavy atom. The second kappa shape index (κ2) is 11.8. The van der Waals surface area contributed by atoms with Gasteiger partial charge in [0.2, 0.25) is 17.7 Å². The number of nitrogens with one attached hydrogen (secondary N) is 3. The Balaban J connectivity index is 1.44. The summed E-state index contributed by atoms with van der Waals surface area (Å²) < 4.78 is 26.8. The molecule has 3 amide bonds. The molecular weight excluding hydrogens is 476 g/mol. The molecule has 0 aliphatic carbocycles. The highest BCUT2D eigenvalue weighted by molar-refractivity contribution is 5.92. The van der Waals surface area contributed by atoms with Crippen LogP contribution in [0.3, 0.4) is 0 Å². The molecule has 3 N–H and O–H groups in total. The van der Waals surface area contributed by atoms with Gasteiger partial charge in [-0.15, -0.1) is 0 Å². The number of rotatable bonds is 7. The van der Waals surface area contributed by atoms with Gasteiger partial charge in [-0.1, -0.05) is 60.7 Å². The summed E-state index contributed by atoms with van der Waals surface area (Å²) >= 11 is 0. The van der Waals surface area contributed by atoms with Gasteiger partial charge < -0.3 is 16.0 Å². The van der Waals surface area contributed by atoms with Crippen LogP contribution in [0.15, 0.2) is 78.9 Å². The van der Waals surface area contributed by atoms with E-state index in [2.05, 4.69) is 16.0 Å². The Morgan fingerprint density at radius 1 is 0.919 bits per heavy atom. The molecule has 0 bridgehead atoms. The van der Waals surface area contributed by atoms with Gasteiger partial charge in [0.05, 0.1) is 12.5 Å². The first-order valence-electron chi connectivity index (χ1n) is 12.2. The largest absolute Gasteiger partial charge is 0.347 e. The van der Waals surface area contributed by atoms with E-state index < -0.39 is 35.5 Å². The molecule has 0 saturated carbocycles. The summed E-state index contributed by atoms with van der Waals surface area (Å²) in [6, 6.07) is 20.4. The maximum atomic E-state index is 13.4. The number of hydrogen-bond donors (Lipinski definition) is 3. The van der Waals surface area contributed by atoms with Crippen molar-refractivity contribution < 1.29 is 23.2 Å². The summed E-state index contributed by atoms with van der Waals surface area (Å²) in [5.74, 6) is -2.95. The Kier molecular flexibility index (Phi) is 8.28. The van der Waals surface area contributed by atoms with Gasteiger partial charge in [-0.3, -0.25) is 14.4 Å². The Hall–Kier alpha value is -4.07. The molecule has 4 atom stereocenters. The van der Waals surface area contributed by atoms with Gasteiger partial charge in [-0.25, -0.2) is 8.78 Å². The second-order valence-corrected chi connectivity index (χ2v) is 9.36. The number of hydrogen-bond acceptors (Lipinski definition) is 3. The Labute approximate surface area is 214 Å². The molecular formula is C29H29F2N3O3. The molecule has 4 rings (SSSR count). The van der Waals surface area contributed by atoms with Crippen LogP contribution >= 0.6 is 0 Å². The highest BCUT2D eigenvalue weighted by atomic mass is 19.1. The molecule has 1 fully saturated rings. The smallest absolute Gasteiger partial charge is 0.243 e. The number of amides is 3. The molecule has 0 radical (unpaired) electrons. The number of carbonyl (C=O) groups excluding carboxylic acids is 3. The molecule has 37 heavy (non-hydrogen) atoms. The fraction of sp³-hybridized carbons (Fsp3) is 0.276. The van der Waals surface area contributed by atoms with Crippen molar-refractivity contribution in [1.82, 2.24) is 16.0 Å². The average molecular weight is 506 g/mol. The monoisotopic (exact) mass is 505 g/mol. The lowest BCUT2D eigenvalue weighted by molar-refractivity contribution is -0.131. The third-order valence-electron chi connectivity index (χ3n) is 6.52. The normalized spacial score (nSPS) is 20.3. The second-order valence-electron chi connectivity index (χ2n) is 9.36. The predicted molar refractivity (Wildman–Crippen MR) is 135 cm³/mol. The molecule has 8 heteroatoms. The van der Waals surface area contributed by atoms with E-state index in [1.807, 2.05) is 60.7 Å². The molecule has 6 nitrogen and oxygen atoms in total. The Morgan fingerprint density at radius 2 is 1.51 bits per heavy atom. The van der Waals surface area contributed by atoms with E-state index in [4.69, 9.17) is 0 Å². The van der Waals surface area contributed by atoms with Crippen molar-refractivity contribution in [1.29, 1.82) is 0 Å². The van der Waals surface area contributed by atoms with Gasteiger partial charge in [-0.05, 0) is 54.5 Å². The zero-order valence-corrected chi connectivity index (χ0v) is 20.4. The summed E-state index contributed by atoms with van der Waals surface area (Å²) in [4.78, 5) is 38.5. The first kappa shape index (κ1) is 26.0. The van der Waals surface area contributed by atoms with E-state index in [1.54, 1.807) is 0 Å². The molecule has 1 aliphatic heterocycles. The summed E-state index contributed by atoms with van der Waals surface area (Å²) in [6.07, 6.45) is 0.780. The third kappa shape index (κ3) is 7.00. The van der Waals surface area contributed by atoms with Crippen molar-refractivity contribution in [3.05, 3.63) is 107 Å². The van der Waals surface area contributed by atoms with Crippen LogP contribution in [-0.2, 0) is 20.8 Å². The van der Waals surface area contributed by atoms with Crippen molar-refractivity contribution in [3.8, 4) is 0 Å². The van der Waals surface area contributed by atoms with Gasteiger partial charge in [0.25, 0.3) is 0 Å². The molecule has 192 valence electrons. The molecule has 0 aromatic heterocycles. The molecule has 1 heterocycles. The molecule has 0 spiro atoms. The Bertz CT molecular complexity index is 1230. The first-order chi connectivity index (χ1) is 17.8. The zero-order chi connectivity index (χ0) is 26.4. The molecule has 1 aliphatic rings. The summed E-state index contributed by atoms with van der Waals surface area (Å²) in [7, 11) is 0. The zero-order valence-electron chi connectivity index (χ0n) is 20.4. The highest BCUT2D eigenvalue weighted by Gasteiger charge is 2.34. The maximum absolute atomic E-state index is 13.4. The van der Waals surface area contributed by atoms with Crippen LogP contribution in [-0.4, -0.2) is 29.8 Å². The van der Waals surface area contributed by atoms with Crippen LogP contribution < -0.4 is 16.0 Å². The topological polar surface area (TPSA) is 87.3 Å². The highest BCUT2D eigenvalue weighted by Crippen LogP contribution is 2.34.